The molecule has 0 bridgehead atoms. The van der Waals surface area contributed by atoms with E-state index < -0.39 is 0 Å². The van der Waals surface area contributed by atoms with Crippen LogP contribution in [-0.4, -0.2) is 15.0 Å². The zero-order valence-electron chi connectivity index (χ0n) is 5.29. The van der Waals surface area contributed by atoms with Crippen LogP contribution in [0.1, 0.15) is 0 Å². The second-order valence-electron chi connectivity index (χ2n) is 1.74. The van der Waals surface area contributed by atoms with Gasteiger partial charge in [-0.15, -0.1) is 0 Å². The number of rotatable bonds is 1. The number of para-hydroxylation sites is 1. The summed E-state index contributed by atoms with van der Waals surface area (Å²) >= 11 is 0.533. The van der Waals surface area contributed by atoms with Gasteiger partial charge in [-0.25, -0.2) is 0 Å². The summed E-state index contributed by atoms with van der Waals surface area (Å²) < 4.78 is 1.30. The number of nitrogen functional groups attached to an aromatic ring is 1. The van der Waals surface area contributed by atoms with Crippen LogP contribution in [0.3, 0.4) is 0 Å². The number of nitrogens with two attached hydrogens (primary N) is 1. The van der Waals surface area contributed by atoms with Crippen molar-refractivity contribution in [3.8, 4) is 0 Å². The third kappa shape index (κ3) is 1.47. The van der Waals surface area contributed by atoms with Gasteiger partial charge in [0.2, 0.25) is 0 Å². The Morgan fingerprint density at radius 3 is 2.44 bits per heavy atom. The van der Waals surface area contributed by atoms with Crippen molar-refractivity contribution >= 4 is 25.1 Å². The summed E-state index contributed by atoms with van der Waals surface area (Å²) in [6, 6.07) is 8.01. The fourth-order valence-corrected chi connectivity index (χ4v) is 1.75. The SMILES string of the molecule is C[Se]c1ccccc1N. The summed E-state index contributed by atoms with van der Waals surface area (Å²) in [5, 5.41) is 0. The molecule has 0 heterocycles. The van der Waals surface area contributed by atoms with Crippen LogP contribution in [0, 0.1) is 0 Å². The van der Waals surface area contributed by atoms with Crippen molar-refractivity contribution in [2.75, 3.05) is 5.73 Å². The van der Waals surface area contributed by atoms with Crippen molar-refractivity contribution in [3.63, 3.8) is 0 Å². The summed E-state index contributed by atoms with van der Waals surface area (Å²) in [5.41, 5.74) is 6.58. The van der Waals surface area contributed by atoms with Gasteiger partial charge >= 0.3 is 60.9 Å². The molecule has 0 aliphatic rings. The molecule has 0 radical (unpaired) electrons. The van der Waals surface area contributed by atoms with E-state index in [1.54, 1.807) is 0 Å². The Hall–Kier alpha value is -0.461. The Morgan fingerprint density at radius 1 is 1.33 bits per heavy atom. The number of anilines is 1. The maximum atomic E-state index is 5.65. The second kappa shape index (κ2) is 2.90. The fourth-order valence-electron chi connectivity index (χ4n) is 0.666. The van der Waals surface area contributed by atoms with Gasteiger partial charge in [0.05, 0.1) is 0 Å². The third-order valence-electron chi connectivity index (χ3n) is 1.14. The predicted octanol–water partition coefficient (Wildman–Crippen LogP) is 0.646. The van der Waals surface area contributed by atoms with E-state index in [0.717, 1.165) is 5.69 Å². The zero-order valence-corrected chi connectivity index (χ0v) is 7.01. The normalized spacial score (nSPS) is 9.44. The van der Waals surface area contributed by atoms with E-state index in [2.05, 4.69) is 11.9 Å². The molecule has 0 saturated heterocycles. The first-order valence-corrected chi connectivity index (χ1v) is 5.30. The average Bonchev–Trinajstić information content (AvgIpc) is 1.89. The first kappa shape index (κ1) is 6.66. The maximum absolute atomic E-state index is 5.65. The van der Waals surface area contributed by atoms with Crippen molar-refractivity contribution < 1.29 is 0 Å². The minimum absolute atomic E-state index is 0.533. The summed E-state index contributed by atoms with van der Waals surface area (Å²) in [5.74, 6) is 2.17. The predicted molar refractivity (Wildman–Crippen MR) is 42.1 cm³/mol. The van der Waals surface area contributed by atoms with E-state index in [1.165, 1.54) is 4.46 Å². The third-order valence-corrected chi connectivity index (χ3v) is 2.84. The van der Waals surface area contributed by atoms with Crippen molar-refractivity contribution in [2.45, 2.75) is 5.82 Å². The topological polar surface area (TPSA) is 26.0 Å². The number of hydrogen-bond donors (Lipinski definition) is 1. The molecule has 0 spiro atoms. The van der Waals surface area contributed by atoms with E-state index in [4.69, 9.17) is 5.73 Å². The van der Waals surface area contributed by atoms with E-state index in [0.29, 0.717) is 15.0 Å². The first-order valence-electron chi connectivity index (χ1n) is 2.73. The van der Waals surface area contributed by atoms with Gasteiger partial charge in [0, 0.05) is 0 Å². The van der Waals surface area contributed by atoms with Crippen molar-refractivity contribution in [2.24, 2.45) is 0 Å². The molecular weight excluding hydrogens is 177 g/mol. The van der Waals surface area contributed by atoms with Gasteiger partial charge < -0.3 is 0 Å². The average molecular weight is 186 g/mol. The minimum atomic E-state index is 0.533. The molecule has 0 unspecified atom stereocenters. The van der Waals surface area contributed by atoms with Gasteiger partial charge in [-0.2, -0.15) is 0 Å². The van der Waals surface area contributed by atoms with Gasteiger partial charge in [0.25, 0.3) is 0 Å². The molecule has 1 nitrogen and oxygen atoms in total. The molecule has 0 atom stereocenters. The van der Waals surface area contributed by atoms with Crippen LogP contribution in [0.2, 0.25) is 5.82 Å². The van der Waals surface area contributed by atoms with Crippen LogP contribution < -0.4 is 10.2 Å². The summed E-state index contributed by atoms with van der Waals surface area (Å²) in [7, 11) is 0. The van der Waals surface area contributed by atoms with Gasteiger partial charge in [0.1, 0.15) is 0 Å². The molecule has 0 amide bonds. The van der Waals surface area contributed by atoms with Crippen molar-refractivity contribution in [1.82, 2.24) is 0 Å². The van der Waals surface area contributed by atoms with E-state index >= 15 is 0 Å². The Kier molecular flexibility index (Phi) is 2.15. The molecule has 1 aromatic carbocycles. The summed E-state index contributed by atoms with van der Waals surface area (Å²) in [6.07, 6.45) is 0. The van der Waals surface area contributed by atoms with Crippen LogP contribution >= 0.6 is 0 Å². The van der Waals surface area contributed by atoms with E-state index in [1.807, 2.05) is 18.2 Å². The van der Waals surface area contributed by atoms with Crippen LogP contribution in [-0.2, 0) is 0 Å². The van der Waals surface area contributed by atoms with Crippen LogP contribution in [0.25, 0.3) is 0 Å². The number of benzene rings is 1. The van der Waals surface area contributed by atoms with Crippen LogP contribution in [0.15, 0.2) is 24.3 Å². The molecule has 0 fully saturated rings. The second-order valence-corrected chi connectivity index (χ2v) is 3.52. The first-order chi connectivity index (χ1) is 4.34. The molecule has 0 aromatic heterocycles. The Labute approximate surface area is 61.4 Å². The fraction of sp³-hybridized carbons (Fsp3) is 0.143. The zero-order chi connectivity index (χ0) is 6.69. The molecule has 1 aromatic rings. The van der Waals surface area contributed by atoms with Crippen LogP contribution in [0.4, 0.5) is 5.69 Å². The van der Waals surface area contributed by atoms with Gasteiger partial charge in [-0.1, -0.05) is 0 Å². The number of hydrogen-bond acceptors (Lipinski definition) is 1. The molecule has 2 N–H and O–H groups in total. The molecule has 0 aliphatic carbocycles. The quantitative estimate of drug-likeness (QED) is 0.505. The molecule has 2 heteroatoms. The molecule has 48 valence electrons. The Morgan fingerprint density at radius 2 is 2.00 bits per heavy atom. The molecular formula is C7H9NSe. The van der Waals surface area contributed by atoms with Crippen molar-refractivity contribution in [1.29, 1.82) is 0 Å². The summed E-state index contributed by atoms with van der Waals surface area (Å²) in [4.78, 5) is 0. The molecule has 9 heavy (non-hydrogen) atoms. The summed E-state index contributed by atoms with van der Waals surface area (Å²) in [6.45, 7) is 0. The Bertz CT molecular complexity index is 198. The van der Waals surface area contributed by atoms with Gasteiger partial charge in [-0.05, 0) is 0 Å². The Balaban J connectivity index is 3.01. The van der Waals surface area contributed by atoms with Crippen molar-refractivity contribution in [3.05, 3.63) is 24.3 Å². The standard InChI is InChI=1S/C7H9NSe/c1-9-7-5-3-2-4-6(7)8/h2-5H,8H2,1H3. The monoisotopic (exact) mass is 187 g/mol. The van der Waals surface area contributed by atoms with E-state index in [9.17, 15) is 0 Å². The molecule has 1 rings (SSSR count). The van der Waals surface area contributed by atoms with E-state index in [-0.39, 0.29) is 0 Å². The van der Waals surface area contributed by atoms with Gasteiger partial charge in [-0.3, -0.25) is 0 Å². The molecule has 0 saturated carbocycles. The van der Waals surface area contributed by atoms with Crippen LogP contribution in [0.5, 0.6) is 0 Å². The van der Waals surface area contributed by atoms with Gasteiger partial charge in [0.15, 0.2) is 0 Å². The molecule has 0 aliphatic heterocycles.